The van der Waals surface area contributed by atoms with Gasteiger partial charge in [0.05, 0.1) is 20.4 Å². The highest BCUT2D eigenvalue weighted by Gasteiger charge is 2.50. The largest absolute Gasteiger partial charge is 0.495 e. The molecular weight excluding hydrogens is 386 g/mol. The molecule has 158 valence electrons. The number of benzene rings is 1. The number of methoxy groups -OCH3 is 2. The van der Waals surface area contributed by atoms with E-state index in [9.17, 15) is 14.7 Å². The van der Waals surface area contributed by atoms with Crippen molar-refractivity contribution in [3.63, 3.8) is 0 Å². The first-order valence-electron chi connectivity index (χ1n) is 9.95. The summed E-state index contributed by atoms with van der Waals surface area (Å²) in [5.41, 5.74) is 1.07. The lowest BCUT2D eigenvalue weighted by Crippen LogP contribution is -2.53. The van der Waals surface area contributed by atoms with Gasteiger partial charge in [0, 0.05) is 37.3 Å². The summed E-state index contributed by atoms with van der Waals surface area (Å²) in [6, 6.07) is 9.11. The second kappa shape index (κ2) is 7.95. The van der Waals surface area contributed by atoms with Crippen molar-refractivity contribution in [2.24, 2.45) is 0 Å². The first kappa shape index (κ1) is 20.2. The van der Waals surface area contributed by atoms with E-state index in [4.69, 9.17) is 9.47 Å². The topological polar surface area (TPSA) is 92.2 Å². The Hall–Kier alpha value is -3.13. The van der Waals surface area contributed by atoms with Crippen molar-refractivity contribution in [3.8, 4) is 22.8 Å². The van der Waals surface area contributed by atoms with Crippen molar-refractivity contribution in [2.75, 3.05) is 40.4 Å². The fraction of sp³-hybridized carbons (Fsp3) is 0.409. The SMILES string of the molecule is COc1cnc(OC)c(-c2ccc(C(=O)N3CCN(C(=O)C4(O)CC4)CC3)cc2)c1. The maximum absolute atomic E-state index is 12.9. The molecule has 1 aromatic carbocycles. The van der Waals surface area contributed by atoms with Gasteiger partial charge >= 0.3 is 0 Å². The lowest BCUT2D eigenvalue weighted by atomic mass is 10.0. The van der Waals surface area contributed by atoms with Gasteiger partial charge < -0.3 is 24.4 Å². The van der Waals surface area contributed by atoms with Gasteiger partial charge in [-0.05, 0) is 36.6 Å². The number of pyridine rings is 1. The van der Waals surface area contributed by atoms with Crippen molar-refractivity contribution in [1.29, 1.82) is 0 Å². The zero-order valence-corrected chi connectivity index (χ0v) is 17.1. The monoisotopic (exact) mass is 411 g/mol. The zero-order chi connectivity index (χ0) is 21.3. The van der Waals surface area contributed by atoms with E-state index in [2.05, 4.69) is 4.98 Å². The zero-order valence-electron chi connectivity index (χ0n) is 17.1. The van der Waals surface area contributed by atoms with Gasteiger partial charge in [-0.15, -0.1) is 0 Å². The molecule has 4 rings (SSSR count). The quantitative estimate of drug-likeness (QED) is 0.803. The van der Waals surface area contributed by atoms with Gasteiger partial charge in [-0.2, -0.15) is 0 Å². The molecule has 2 amide bonds. The molecule has 1 aliphatic heterocycles. The lowest BCUT2D eigenvalue weighted by Gasteiger charge is -2.35. The standard InChI is InChI=1S/C22H25N3O5/c1-29-17-13-18(19(30-2)23-14-17)15-3-5-16(6-4-15)20(26)24-9-11-25(12-10-24)21(27)22(28)7-8-22/h3-6,13-14,28H,7-12H2,1-2H3. The van der Waals surface area contributed by atoms with Crippen molar-refractivity contribution < 1.29 is 24.2 Å². The molecule has 2 aliphatic rings. The van der Waals surface area contributed by atoms with Gasteiger partial charge in [-0.3, -0.25) is 9.59 Å². The molecule has 1 aromatic heterocycles. The minimum absolute atomic E-state index is 0.0745. The van der Waals surface area contributed by atoms with Crippen molar-refractivity contribution in [3.05, 3.63) is 42.1 Å². The molecule has 0 unspecified atom stereocenters. The molecule has 8 nitrogen and oxygen atoms in total. The minimum Gasteiger partial charge on any atom is -0.495 e. The fourth-order valence-electron chi connectivity index (χ4n) is 3.63. The number of nitrogens with zero attached hydrogens (tertiary/aromatic N) is 3. The van der Waals surface area contributed by atoms with Crippen LogP contribution >= 0.6 is 0 Å². The number of hydrogen-bond acceptors (Lipinski definition) is 6. The molecule has 0 spiro atoms. The summed E-state index contributed by atoms with van der Waals surface area (Å²) >= 11 is 0. The molecular formula is C22H25N3O5. The Balaban J connectivity index is 1.43. The molecule has 2 fully saturated rings. The summed E-state index contributed by atoms with van der Waals surface area (Å²) in [4.78, 5) is 32.8. The highest BCUT2D eigenvalue weighted by Crippen LogP contribution is 2.37. The van der Waals surface area contributed by atoms with Crippen LogP contribution in [0.4, 0.5) is 0 Å². The third-order valence-corrected chi connectivity index (χ3v) is 5.67. The number of aliphatic hydroxyl groups is 1. The van der Waals surface area contributed by atoms with Crippen molar-refractivity contribution in [2.45, 2.75) is 18.4 Å². The van der Waals surface area contributed by atoms with Crippen LogP contribution in [-0.2, 0) is 4.79 Å². The van der Waals surface area contributed by atoms with Crippen LogP contribution in [0.25, 0.3) is 11.1 Å². The number of rotatable bonds is 5. The van der Waals surface area contributed by atoms with E-state index in [1.54, 1.807) is 42.3 Å². The second-order valence-corrected chi connectivity index (χ2v) is 7.63. The van der Waals surface area contributed by atoms with Crippen LogP contribution in [0, 0.1) is 0 Å². The second-order valence-electron chi connectivity index (χ2n) is 7.63. The Morgan fingerprint density at radius 1 is 1.00 bits per heavy atom. The molecule has 1 saturated heterocycles. The Kier molecular flexibility index (Phi) is 5.34. The molecule has 1 aliphatic carbocycles. The van der Waals surface area contributed by atoms with E-state index in [-0.39, 0.29) is 11.8 Å². The van der Waals surface area contributed by atoms with Crippen molar-refractivity contribution in [1.82, 2.24) is 14.8 Å². The minimum atomic E-state index is -1.15. The van der Waals surface area contributed by atoms with Gasteiger partial charge in [0.15, 0.2) is 0 Å². The highest BCUT2D eigenvalue weighted by molar-refractivity contribution is 5.95. The average molecular weight is 411 g/mol. The van der Waals surface area contributed by atoms with Gasteiger partial charge in [-0.25, -0.2) is 4.98 Å². The summed E-state index contributed by atoms with van der Waals surface area (Å²) in [7, 11) is 3.13. The lowest BCUT2D eigenvalue weighted by molar-refractivity contribution is -0.143. The molecule has 0 atom stereocenters. The van der Waals surface area contributed by atoms with Crippen LogP contribution < -0.4 is 9.47 Å². The smallest absolute Gasteiger partial charge is 0.254 e. The number of carbonyl (C=O) groups is 2. The van der Waals surface area contributed by atoms with E-state index in [0.29, 0.717) is 56.2 Å². The number of aromatic nitrogens is 1. The highest BCUT2D eigenvalue weighted by atomic mass is 16.5. The van der Waals surface area contributed by atoms with Crippen LogP contribution in [0.1, 0.15) is 23.2 Å². The Morgan fingerprint density at radius 3 is 2.20 bits per heavy atom. The maximum atomic E-state index is 12.9. The fourth-order valence-corrected chi connectivity index (χ4v) is 3.63. The van der Waals surface area contributed by atoms with E-state index in [1.807, 2.05) is 18.2 Å². The van der Waals surface area contributed by atoms with Crippen LogP contribution in [0.3, 0.4) is 0 Å². The molecule has 0 radical (unpaired) electrons. The van der Waals surface area contributed by atoms with E-state index >= 15 is 0 Å². The molecule has 2 aromatic rings. The summed E-state index contributed by atoms with van der Waals surface area (Å²) < 4.78 is 10.6. The van der Waals surface area contributed by atoms with Gasteiger partial charge in [-0.1, -0.05) is 12.1 Å². The number of carbonyl (C=O) groups excluding carboxylic acids is 2. The van der Waals surface area contributed by atoms with Crippen LogP contribution in [0.5, 0.6) is 11.6 Å². The molecule has 2 heterocycles. The van der Waals surface area contributed by atoms with E-state index in [1.165, 1.54) is 0 Å². The van der Waals surface area contributed by atoms with Gasteiger partial charge in [0.1, 0.15) is 11.4 Å². The van der Waals surface area contributed by atoms with Crippen molar-refractivity contribution >= 4 is 11.8 Å². The van der Waals surface area contributed by atoms with Crippen LogP contribution in [0.2, 0.25) is 0 Å². The van der Waals surface area contributed by atoms with Gasteiger partial charge in [0.2, 0.25) is 5.88 Å². The molecule has 1 saturated carbocycles. The number of piperazine rings is 1. The Bertz CT molecular complexity index is 948. The molecule has 0 bridgehead atoms. The maximum Gasteiger partial charge on any atom is 0.254 e. The first-order chi connectivity index (χ1) is 14.4. The normalized spacial score (nSPS) is 17.4. The predicted octanol–water partition coefficient (Wildman–Crippen LogP) is 1.58. The molecule has 30 heavy (non-hydrogen) atoms. The number of hydrogen-bond donors (Lipinski definition) is 1. The Labute approximate surface area is 175 Å². The van der Waals surface area contributed by atoms with Crippen LogP contribution in [-0.4, -0.2) is 77.7 Å². The predicted molar refractivity (Wildman–Crippen MR) is 109 cm³/mol. The molecule has 8 heteroatoms. The average Bonchev–Trinajstić information content (AvgIpc) is 3.56. The summed E-state index contributed by atoms with van der Waals surface area (Å²) in [5.74, 6) is 0.816. The molecule has 1 N–H and O–H groups in total. The third kappa shape index (κ3) is 3.82. The summed E-state index contributed by atoms with van der Waals surface area (Å²) in [6.07, 6.45) is 2.66. The first-order valence-corrected chi connectivity index (χ1v) is 9.95. The summed E-state index contributed by atoms with van der Waals surface area (Å²) in [6.45, 7) is 1.79. The van der Waals surface area contributed by atoms with Crippen LogP contribution in [0.15, 0.2) is 36.5 Å². The third-order valence-electron chi connectivity index (χ3n) is 5.67. The van der Waals surface area contributed by atoms with E-state index in [0.717, 1.165) is 11.1 Å². The number of ether oxygens (including phenoxy) is 2. The Morgan fingerprint density at radius 2 is 1.63 bits per heavy atom. The summed E-state index contributed by atoms with van der Waals surface area (Å²) in [5, 5.41) is 10.00. The van der Waals surface area contributed by atoms with E-state index < -0.39 is 5.60 Å². The van der Waals surface area contributed by atoms with Gasteiger partial charge in [0.25, 0.3) is 11.8 Å². The number of amides is 2.